The highest BCUT2D eigenvalue weighted by atomic mass is 16.5. The summed E-state index contributed by atoms with van der Waals surface area (Å²) < 4.78 is 5.19. The maximum Gasteiger partial charge on any atom is 0.188 e. The Bertz CT molecular complexity index is 325. The number of nitrogens with zero attached hydrogens (tertiary/aromatic N) is 1. The molecule has 76 valence electrons. The summed E-state index contributed by atoms with van der Waals surface area (Å²) in [6.45, 7) is 0.583. The smallest absolute Gasteiger partial charge is 0.188 e. The number of hydrogen-bond donors (Lipinski definition) is 2. The third kappa shape index (κ3) is 2.39. The molecule has 0 aliphatic heterocycles. The minimum absolute atomic E-state index is 0.0518. The van der Waals surface area contributed by atoms with Crippen LogP contribution in [0, 0.1) is 5.41 Å². The van der Waals surface area contributed by atoms with Gasteiger partial charge in [-0.1, -0.05) is 18.2 Å². The van der Waals surface area contributed by atoms with Crippen LogP contribution >= 0.6 is 0 Å². The van der Waals surface area contributed by atoms with E-state index in [0.29, 0.717) is 6.54 Å². The molecule has 4 heteroatoms. The minimum atomic E-state index is 0.0518. The number of nitrogens with one attached hydrogen (secondary N) is 1. The molecular weight excluding hydrogens is 178 g/mol. The van der Waals surface area contributed by atoms with Crippen molar-refractivity contribution in [1.29, 1.82) is 5.41 Å². The summed E-state index contributed by atoms with van der Waals surface area (Å²) in [6, 6.07) is 7.70. The van der Waals surface area contributed by atoms with Crippen LogP contribution in [0.5, 0.6) is 5.75 Å². The normalized spacial score (nSPS) is 9.57. The van der Waals surface area contributed by atoms with Gasteiger partial charge in [0.25, 0.3) is 0 Å². The van der Waals surface area contributed by atoms with Gasteiger partial charge in [-0.15, -0.1) is 0 Å². The number of benzene rings is 1. The average molecular weight is 193 g/mol. The van der Waals surface area contributed by atoms with Crippen molar-refractivity contribution in [1.82, 2.24) is 4.90 Å². The summed E-state index contributed by atoms with van der Waals surface area (Å²) in [4.78, 5) is 1.65. The molecule has 1 aromatic carbocycles. The first-order valence-corrected chi connectivity index (χ1v) is 4.32. The predicted octanol–water partition coefficient (Wildman–Crippen LogP) is 1.02. The van der Waals surface area contributed by atoms with Crippen LogP contribution < -0.4 is 10.5 Å². The summed E-state index contributed by atoms with van der Waals surface area (Å²) in [5, 5.41) is 7.24. The number of methoxy groups -OCH3 is 1. The lowest BCUT2D eigenvalue weighted by molar-refractivity contribution is 0.397. The third-order valence-electron chi connectivity index (χ3n) is 2.01. The molecule has 0 saturated heterocycles. The lowest BCUT2D eigenvalue weighted by Crippen LogP contribution is -2.32. The summed E-state index contributed by atoms with van der Waals surface area (Å²) >= 11 is 0. The van der Waals surface area contributed by atoms with Crippen molar-refractivity contribution < 1.29 is 4.74 Å². The van der Waals surface area contributed by atoms with Crippen molar-refractivity contribution in [3.8, 4) is 5.75 Å². The molecule has 3 N–H and O–H groups in total. The first-order chi connectivity index (χ1) is 6.65. The van der Waals surface area contributed by atoms with Crippen LogP contribution in [0.25, 0.3) is 0 Å². The summed E-state index contributed by atoms with van der Waals surface area (Å²) in [5.41, 5.74) is 6.36. The lowest BCUT2D eigenvalue weighted by atomic mass is 10.2. The van der Waals surface area contributed by atoms with Crippen LogP contribution in [0.1, 0.15) is 5.56 Å². The fraction of sp³-hybridized carbons (Fsp3) is 0.300. The highest BCUT2D eigenvalue weighted by Gasteiger charge is 2.05. The first kappa shape index (κ1) is 10.4. The van der Waals surface area contributed by atoms with Crippen molar-refractivity contribution >= 4 is 5.96 Å². The maximum atomic E-state index is 7.24. The molecular formula is C10H15N3O. The van der Waals surface area contributed by atoms with Crippen molar-refractivity contribution in [2.45, 2.75) is 6.54 Å². The molecule has 0 aliphatic rings. The van der Waals surface area contributed by atoms with E-state index in [-0.39, 0.29) is 5.96 Å². The van der Waals surface area contributed by atoms with E-state index in [4.69, 9.17) is 15.9 Å². The molecule has 0 aliphatic carbocycles. The van der Waals surface area contributed by atoms with E-state index in [2.05, 4.69) is 0 Å². The largest absolute Gasteiger partial charge is 0.496 e. The Morgan fingerprint density at radius 3 is 2.71 bits per heavy atom. The van der Waals surface area contributed by atoms with Gasteiger partial charge in [-0.2, -0.15) is 0 Å². The van der Waals surface area contributed by atoms with E-state index in [1.165, 1.54) is 0 Å². The summed E-state index contributed by atoms with van der Waals surface area (Å²) in [5.74, 6) is 0.872. The fourth-order valence-corrected chi connectivity index (χ4v) is 1.17. The van der Waals surface area contributed by atoms with E-state index in [0.717, 1.165) is 11.3 Å². The predicted molar refractivity (Wildman–Crippen MR) is 56.4 cm³/mol. The van der Waals surface area contributed by atoms with Crippen LogP contribution in [-0.2, 0) is 6.54 Å². The second-order valence-electron chi connectivity index (χ2n) is 3.05. The van der Waals surface area contributed by atoms with Gasteiger partial charge in [0.1, 0.15) is 5.75 Å². The Labute approximate surface area is 83.8 Å². The maximum absolute atomic E-state index is 7.24. The number of guanidine groups is 1. The third-order valence-corrected chi connectivity index (χ3v) is 2.01. The van der Waals surface area contributed by atoms with Gasteiger partial charge in [-0.25, -0.2) is 0 Å². The Balaban J connectivity index is 2.80. The standard InChI is InChI=1S/C10H15N3O/c1-13(10(11)12)7-8-5-3-4-6-9(8)14-2/h3-6H,7H2,1-2H3,(H3,11,12). The molecule has 0 fully saturated rings. The SMILES string of the molecule is COc1ccccc1CN(C)C(=N)N. The van der Waals surface area contributed by atoms with Crippen LogP contribution in [0.2, 0.25) is 0 Å². The van der Waals surface area contributed by atoms with Gasteiger partial charge in [-0.05, 0) is 6.07 Å². The molecule has 14 heavy (non-hydrogen) atoms. The molecule has 0 amide bonds. The molecule has 4 nitrogen and oxygen atoms in total. The summed E-state index contributed by atoms with van der Waals surface area (Å²) in [6.07, 6.45) is 0. The Hall–Kier alpha value is -1.71. The van der Waals surface area contributed by atoms with Crippen molar-refractivity contribution in [3.05, 3.63) is 29.8 Å². The van der Waals surface area contributed by atoms with Gasteiger partial charge >= 0.3 is 0 Å². The lowest BCUT2D eigenvalue weighted by Gasteiger charge is -2.18. The van der Waals surface area contributed by atoms with Crippen molar-refractivity contribution in [3.63, 3.8) is 0 Å². The number of hydrogen-bond acceptors (Lipinski definition) is 2. The Morgan fingerprint density at radius 2 is 2.14 bits per heavy atom. The van der Waals surface area contributed by atoms with Crippen molar-refractivity contribution in [2.24, 2.45) is 5.73 Å². The van der Waals surface area contributed by atoms with Gasteiger partial charge in [0.15, 0.2) is 5.96 Å². The van der Waals surface area contributed by atoms with Gasteiger partial charge in [0, 0.05) is 19.2 Å². The van der Waals surface area contributed by atoms with E-state index >= 15 is 0 Å². The molecule has 0 unspecified atom stereocenters. The molecule has 0 atom stereocenters. The van der Waals surface area contributed by atoms with Gasteiger partial charge in [-0.3, -0.25) is 5.41 Å². The minimum Gasteiger partial charge on any atom is -0.496 e. The van der Waals surface area contributed by atoms with Gasteiger partial charge in [0.05, 0.1) is 7.11 Å². The number of rotatable bonds is 3. The van der Waals surface area contributed by atoms with E-state index in [9.17, 15) is 0 Å². The molecule has 1 aromatic rings. The van der Waals surface area contributed by atoms with E-state index in [1.807, 2.05) is 24.3 Å². The number of ether oxygens (including phenoxy) is 1. The molecule has 0 bridgehead atoms. The molecule has 0 radical (unpaired) electrons. The van der Waals surface area contributed by atoms with Gasteiger partial charge < -0.3 is 15.4 Å². The number of para-hydroxylation sites is 1. The zero-order valence-electron chi connectivity index (χ0n) is 8.45. The Kier molecular flexibility index (Phi) is 3.34. The van der Waals surface area contributed by atoms with Crippen LogP contribution in [0.4, 0.5) is 0 Å². The van der Waals surface area contributed by atoms with Crippen LogP contribution in [0.15, 0.2) is 24.3 Å². The number of nitrogens with two attached hydrogens (primary N) is 1. The molecule has 0 saturated carbocycles. The molecule has 0 aromatic heterocycles. The molecule has 1 rings (SSSR count). The second-order valence-corrected chi connectivity index (χ2v) is 3.05. The highest BCUT2D eigenvalue weighted by Crippen LogP contribution is 2.18. The van der Waals surface area contributed by atoms with Crippen LogP contribution in [-0.4, -0.2) is 25.0 Å². The molecule has 0 spiro atoms. The van der Waals surface area contributed by atoms with Crippen LogP contribution in [0.3, 0.4) is 0 Å². The van der Waals surface area contributed by atoms with E-state index in [1.54, 1.807) is 19.1 Å². The zero-order valence-corrected chi connectivity index (χ0v) is 8.45. The second kappa shape index (κ2) is 4.50. The average Bonchev–Trinajstić information content (AvgIpc) is 2.18. The topological polar surface area (TPSA) is 62.3 Å². The van der Waals surface area contributed by atoms with E-state index < -0.39 is 0 Å². The van der Waals surface area contributed by atoms with Gasteiger partial charge in [0.2, 0.25) is 0 Å². The highest BCUT2D eigenvalue weighted by molar-refractivity contribution is 5.74. The summed E-state index contributed by atoms with van der Waals surface area (Å²) in [7, 11) is 3.40. The zero-order chi connectivity index (χ0) is 10.6. The van der Waals surface area contributed by atoms with Crippen molar-refractivity contribution in [2.75, 3.05) is 14.2 Å². The first-order valence-electron chi connectivity index (χ1n) is 4.32. The Morgan fingerprint density at radius 1 is 1.50 bits per heavy atom. The molecule has 0 heterocycles. The fourth-order valence-electron chi connectivity index (χ4n) is 1.17. The monoisotopic (exact) mass is 193 g/mol. The quantitative estimate of drug-likeness (QED) is 0.556.